The first-order valence-corrected chi connectivity index (χ1v) is 6.90. The molecule has 0 radical (unpaired) electrons. The van der Waals surface area contributed by atoms with Crippen LogP contribution < -0.4 is 5.32 Å². The molecule has 0 fully saturated rings. The third kappa shape index (κ3) is 6.04. The van der Waals surface area contributed by atoms with Gasteiger partial charge in [-0.3, -0.25) is 4.79 Å². The number of ether oxygens (including phenoxy) is 2. The van der Waals surface area contributed by atoms with Crippen LogP contribution in [-0.2, 0) is 25.2 Å². The molecule has 0 saturated carbocycles. The lowest BCUT2D eigenvalue weighted by Crippen LogP contribution is -2.37. The minimum Gasteiger partial charge on any atom is -0.446 e. The van der Waals surface area contributed by atoms with Crippen molar-refractivity contribution in [3.8, 4) is 0 Å². The monoisotopic (exact) mass is 345 g/mol. The van der Waals surface area contributed by atoms with Crippen molar-refractivity contribution in [2.45, 2.75) is 25.6 Å². The number of halogens is 3. The van der Waals surface area contributed by atoms with Gasteiger partial charge in [-0.1, -0.05) is 6.07 Å². The van der Waals surface area contributed by atoms with Crippen molar-refractivity contribution in [1.82, 2.24) is 0 Å². The number of methoxy groups -OCH3 is 1. The lowest BCUT2D eigenvalue weighted by Gasteiger charge is -2.21. The highest BCUT2D eigenvalue weighted by Crippen LogP contribution is 2.30. The van der Waals surface area contributed by atoms with Crippen LogP contribution in [0, 0.1) is 0 Å². The maximum atomic E-state index is 12.7. The summed E-state index contributed by atoms with van der Waals surface area (Å²) in [6.07, 6.45) is -2.98. The van der Waals surface area contributed by atoms with Gasteiger partial charge in [0, 0.05) is 24.6 Å². The van der Waals surface area contributed by atoms with Crippen LogP contribution in [0.15, 0.2) is 36.0 Å². The number of esters is 1. The van der Waals surface area contributed by atoms with Crippen LogP contribution in [-0.4, -0.2) is 31.6 Å². The van der Waals surface area contributed by atoms with E-state index >= 15 is 0 Å². The number of carbonyl (C=O) groups is 2. The minimum atomic E-state index is -4.46. The van der Waals surface area contributed by atoms with Crippen LogP contribution in [0.5, 0.6) is 0 Å². The lowest BCUT2D eigenvalue weighted by molar-refractivity contribution is -0.160. The molecular formula is C16H18F3NO4. The van der Waals surface area contributed by atoms with Gasteiger partial charge in [0.2, 0.25) is 0 Å². The number of alkyl halides is 3. The summed E-state index contributed by atoms with van der Waals surface area (Å²) in [7, 11) is 1.35. The average molecular weight is 345 g/mol. The number of hydrogen-bond acceptors (Lipinski definition) is 5. The topological polar surface area (TPSA) is 64.6 Å². The highest BCUT2D eigenvalue weighted by molar-refractivity contribution is 5.85. The molecule has 0 bridgehead atoms. The zero-order valence-corrected chi connectivity index (χ0v) is 13.4. The van der Waals surface area contributed by atoms with Crippen molar-refractivity contribution in [1.29, 1.82) is 0 Å². The number of rotatable bonds is 7. The standard InChI is InChI=1S/C16H18F3NO4/c1-11(7-14(22)24-15(2,9-21)10-23-3)20-13-6-4-5-12(8-13)16(17,18)19/h4-9,20H,10H2,1-3H3/b11-7+/t15-/m1/s1. The van der Waals surface area contributed by atoms with E-state index in [9.17, 15) is 22.8 Å². The first kappa shape index (κ1) is 19.7. The molecule has 1 atom stereocenters. The first-order valence-electron chi connectivity index (χ1n) is 6.90. The third-order valence-corrected chi connectivity index (χ3v) is 2.88. The molecule has 0 aliphatic heterocycles. The lowest BCUT2D eigenvalue weighted by atomic mass is 10.1. The Hall–Kier alpha value is -2.35. The van der Waals surface area contributed by atoms with Gasteiger partial charge in [0.25, 0.3) is 0 Å². The Bertz CT molecular complexity index is 628. The Morgan fingerprint density at radius 3 is 2.54 bits per heavy atom. The third-order valence-electron chi connectivity index (χ3n) is 2.88. The van der Waals surface area contributed by atoms with E-state index in [0.717, 1.165) is 18.2 Å². The SMILES string of the molecule is COC[C@@](C)(C=O)OC(=O)/C=C(\C)Nc1cccc(C(F)(F)F)c1. The molecule has 132 valence electrons. The molecule has 0 amide bonds. The van der Waals surface area contributed by atoms with Crippen molar-refractivity contribution < 1.29 is 32.2 Å². The van der Waals surface area contributed by atoms with E-state index in [0.29, 0.717) is 6.29 Å². The largest absolute Gasteiger partial charge is 0.446 e. The molecule has 1 N–H and O–H groups in total. The number of benzene rings is 1. The second-order valence-electron chi connectivity index (χ2n) is 5.32. The van der Waals surface area contributed by atoms with E-state index in [2.05, 4.69) is 5.32 Å². The minimum absolute atomic E-state index is 0.115. The predicted molar refractivity (Wildman–Crippen MR) is 81.3 cm³/mol. The molecule has 5 nitrogen and oxygen atoms in total. The summed E-state index contributed by atoms with van der Waals surface area (Å²) >= 11 is 0. The van der Waals surface area contributed by atoms with Crippen molar-refractivity contribution in [3.63, 3.8) is 0 Å². The molecule has 0 aliphatic rings. The number of nitrogens with one attached hydrogen (secondary N) is 1. The van der Waals surface area contributed by atoms with Crippen LogP contribution >= 0.6 is 0 Å². The summed E-state index contributed by atoms with van der Waals surface area (Å²) in [4.78, 5) is 22.7. The van der Waals surface area contributed by atoms with E-state index in [1.807, 2.05) is 0 Å². The van der Waals surface area contributed by atoms with Crippen molar-refractivity contribution >= 4 is 17.9 Å². The molecule has 0 aliphatic carbocycles. The van der Waals surface area contributed by atoms with E-state index < -0.39 is 23.3 Å². The highest BCUT2D eigenvalue weighted by atomic mass is 19.4. The highest BCUT2D eigenvalue weighted by Gasteiger charge is 2.30. The van der Waals surface area contributed by atoms with Crippen LogP contribution in [0.25, 0.3) is 0 Å². The predicted octanol–water partition coefficient (Wildman–Crippen LogP) is 3.17. The Morgan fingerprint density at radius 2 is 2.00 bits per heavy atom. The summed E-state index contributed by atoms with van der Waals surface area (Å²) < 4.78 is 47.7. The van der Waals surface area contributed by atoms with Gasteiger partial charge in [-0.25, -0.2) is 4.79 Å². The van der Waals surface area contributed by atoms with Crippen LogP contribution in [0.4, 0.5) is 18.9 Å². The summed E-state index contributed by atoms with van der Waals surface area (Å²) in [6.45, 7) is 2.75. The van der Waals surface area contributed by atoms with Crippen LogP contribution in [0.2, 0.25) is 0 Å². The zero-order valence-electron chi connectivity index (χ0n) is 13.4. The fraction of sp³-hybridized carbons (Fsp3) is 0.375. The molecule has 1 aromatic carbocycles. The van der Waals surface area contributed by atoms with Crippen LogP contribution in [0.3, 0.4) is 0 Å². The number of hydrogen-bond donors (Lipinski definition) is 1. The summed E-state index contributed by atoms with van der Waals surface area (Å²) in [5, 5.41) is 2.66. The van der Waals surface area contributed by atoms with Gasteiger partial charge in [-0.2, -0.15) is 13.2 Å². The quantitative estimate of drug-likeness (QED) is 0.467. The zero-order chi connectivity index (χ0) is 18.4. The van der Waals surface area contributed by atoms with E-state index in [1.54, 1.807) is 0 Å². The van der Waals surface area contributed by atoms with E-state index in [1.165, 1.54) is 33.1 Å². The maximum Gasteiger partial charge on any atom is 0.416 e. The molecule has 0 aromatic heterocycles. The van der Waals surface area contributed by atoms with Gasteiger partial charge in [0.15, 0.2) is 11.9 Å². The first-order chi connectivity index (χ1) is 11.1. The maximum absolute atomic E-state index is 12.7. The van der Waals surface area contributed by atoms with Gasteiger partial charge in [-0.05, 0) is 32.0 Å². The van der Waals surface area contributed by atoms with Gasteiger partial charge >= 0.3 is 12.1 Å². The number of anilines is 1. The normalized spacial score (nSPS) is 14.7. The van der Waals surface area contributed by atoms with E-state index in [4.69, 9.17) is 9.47 Å². The second-order valence-corrected chi connectivity index (χ2v) is 5.32. The van der Waals surface area contributed by atoms with Crippen LogP contribution in [0.1, 0.15) is 19.4 Å². The van der Waals surface area contributed by atoms with Gasteiger partial charge in [0.1, 0.15) is 0 Å². The number of carbonyl (C=O) groups excluding carboxylic acids is 2. The van der Waals surface area contributed by atoms with Gasteiger partial charge in [0.05, 0.1) is 12.2 Å². The summed E-state index contributed by atoms with van der Waals surface area (Å²) in [5.74, 6) is -0.821. The molecule has 0 unspecified atom stereocenters. The number of allylic oxidation sites excluding steroid dienone is 1. The molecule has 0 heterocycles. The molecular weight excluding hydrogens is 327 g/mol. The van der Waals surface area contributed by atoms with Crippen molar-refractivity contribution in [2.24, 2.45) is 0 Å². The Morgan fingerprint density at radius 1 is 1.33 bits per heavy atom. The molecule has 0 spiro atoms. The average Bonchev–Trinajstić information content (AvgIpc) is 2.46. The summed E-state index contributed by atoms with van der Waals surface area (Å²) in [6, 6.07) is 4.54. The molecule has 24 heavy (non-hydrogen) atoms. The van der Waals surface area contributed by atoms with Gasteiger partial charge < -0.3 is 14.8 Å². The smallest absolute Gasteiger partial charge is 0.416 e. The molecule has 1 aromatic rings. The fourth-order valence-corrected chi connectivity index (χ4v) is 1.85. The fourth-order valence-electron chi connectivity index (χ4n) is 1.85. The Labute approximate surface area is 137 Å². The number of aldehydes is 1. The van der Waals surface area contributed by atoms with Gasteiger partial charge in [-0.15, -0.1) is 0 Å². The van der Waals surface area contributed by atoms with E-state index in [-0.39, 0.29) is 18.0 Å². The molecule has 0 saturated heterocycles. The Kier molecular flexibility index (Phi) is 6.53. The molecule has 8 heteroatoms. The van der Waals surface area contributed by atoms with Crippen molar-refractivity contribution in [2.75, 3.05) is 19.0 Å². The summed E-state index contributed by atoms with van der Waals surface area (Å²) in [5.41, 5.74) is -1.82. The van der Waals surface area contributed by atoms with Crippen molar-refractivity contribution in [3.05, 3.63) is 41.6 Å². The Balaban J connectivity index is 2.80. The second kappa shape index (κ2) is 7.96. The molecule has 1 rings (SSSR count).